The number of carbonyl (C=O) groups is 1. The van der Waals surface area contributed by atoms with E-state index in [1.807, 2.05) is 30.3 Å². The van der Waals surface area contributed by atoms with E-state index in [0.29, 0.717) is 6.07 Å². The maximum Gasteiger partial charge on any atom is 0.416 e. The molecule has 2 aliphatic rings. The van der Waals surface area contributed by atoms with Gasteiger partial charge in [-0.15, -0.1) is 0 Å². The van der Waals surface area contributed by atoms with Crippen LogP contribution >= 0.6 is 0 Å². The summed E-state index contributed by atoms with van der Waals surface area (Å²) in [6.45, 7) is 0. The van der Waals surface area contributed by atoms with Gasteiger partial charge < -0.3 is 5.32 Å². The molecule has 0 bridgehead atoms. The van der Waals surface area contributed by atoms with E-state index in [2.05, 4.69) is 5.32 Å². The van der Waals surface area contributed by atoms with E-state index < -0.39 is 31.5 Å². The first kappa shape index (κ1) is 22.8. The Bertz CT molecular complexity index is 1090. The van der Waals surface area contributed by atoms with Gasteiger partial charge in [0.25, 0.3) is 0 Å². The SMILES string of the molecule is O=C(N[C@H]1CC[C@@](F)(S(=O)(=O)c2cccc(C(F)(F)F)c2)CC1)[C@H]1C[C@@H]1c1ccccc1. The molecule has 0 unspecified atom stereocenters. The van der Waals surface area contributed by atoms with Crippen LogP contribution in [0.2, 0.25) is 0 Å². The fraction of sp³-hybridized carbons (Fsp3) is 0.435. The van der Waals surface area contributed by atoms with Crippen molar-refractivity contribution < 1.29 is 30.8 Å². The molecule has 2 aromatic rings. The number of sulfone groups is 1. The molecule has 4 nitrogen and oxygen atoms in total. The monoisotopic (exact) mass is 469 g/mol. The average Bonchev–Trinajstić information content (AvgIpc) is 3.57. The summed E-state index contributed by atoms with van der Waals surface area (Å²) in [5.74, 6) is -0.124. The lowest BCUT2D eigenvalue weighted by Gasteiger charge is -2.34. The van der Waals surface area contributed by atoms with Gasteiger partial charge in [0.05, 0.1) is 10.5 Å². The molecule has 172 valence electrons. The highest BCUT2D eigenvalue weighted by atomic mass is 32.2. The van der Waals surface area contributed by atoms with Crippen molar-refractivity contribution in [3.63, 3.8) is 0 Å². The first-order chi connectivity index (χ1) is 15.0. The number of nitrogens with one attached hydrogen (secondary N) is 1. The molecule has 0 aliphatic heterocycles. The largest absolute Gasteiger partial charge is 0.416 e. The molecule has 2 atom stereocenters. The van der Waals surface area contributed by atoms with Crippen LogP contribution in [0.15, 0.2) is 59.5 Å². The summed E-state index contributed by atoms with van der Waals surface area (Å²) >= 11 is 0. The smallest absolute Gasteiger partial charge is 0.353 e. The van der Waals surface area contributed by atoms with E-state index in [9.17, 15) is 26.4 Å². The van der Waals surface area contributed by atoms with Crippen LogP contribution in [0.3, 0.4) is 0 Å². The molecular weight excluding hydrogens is 446 g/mol. The zero-order valence-electron chi connectivity index (χ0n) is 17.1. The van der Waals surface area contributed by atoms with Crippen molar-refractivity contribution in [1.82, 2.24) is 5.32 Å². The maximum absolute atomic E-state index is 15.4. The summed E-state index contributed by atoms with van der Waals surface area (Å²) in [6, 6.07) is 12.5. The Morgan fingerprint density at radius 2 is 1.66 bits per heavy atom. The highest BCUT2D eigenvalue weighted by Gasteiger charge is 2.49. The van der Waals surface area contributed by atoms with Crippen LogP contribution in [-0.2, 0) is 20.8 Å². The minimum Gasteiger partial charge on any atom is -0.353 e. The van der Waals surface area contributed by atoms with Crippen LogP contribution in [0.5, 0.6) is 0 Å². The van der Waals surface area contributed by atoms with Crippen LogP contribution in [0, 0.1) is 5.92 Å². The zero-order chi connectivity index (χ0) is 23.1. The molecular formula is C23H23F4NO3S. The number of carbonyl (C=O) groups excluding carboxylic acids is 1. The molecule has 9 heteroatoms. The third kappa shape index (κ3) is 4.40. The van der Waals surface area contributed by atoms with E-state index in [4.69, 9.17) is 0 Å². The van der Waals surface area contributed by atoms with Crippen LogP contribution in [0.1, 0.15) is 49.1 Å². The maximum atomic E-state index is 15.4. The van der Waals surface area contributed by atoms with Gasteiger partial charge in [-0.1, -0.05) is 36.4 Å². The van der Waals surface area contributed by atoms with E-state index in [-0.39, 0.29) is 49.5 Å². The Morgan fingerprint density at radius 3 is 2.28 bits per heavy atom. The lowest BCUT2D eigenvalue weighted by molar-refractivity contribution is -0.137. The molecule has 1 N–H and O–H groups in total. The molecule has 2 fully saturated rings. The van der Waals surface area contributed by atoms with Crippen molar-refractivity contribution >= 4 is 15.7 Å². The van der Waals surface area contributed by atoms with E-state index in [1.54, 1.807) is 0 Å². The number of hydrogen-bond acceptors (Lipinski definition) is 3. The van der Waals surface area contributed by atoms with E-state index in [1.165, 1.54) is 0 Å². The Morgan fingerprint density at radius 1 is 1.00 bits per heavy atom. The van der Waals surface area contributed by atoms with Gasteiger partial charge in [0.1, 0.15) is 0 Å². The third-order valence-corrected chi connectivity index (χ3v) is 8.63. The molecule has 2 aromatic carbocycles. The normalized spacial score (nSPS) is 28.2. The number of alkyl halides is 4. The molecule has 0 saturated heterocycles. The standard InChI is InChI=1S/C23H23F4NO3S/c24-22(32(30,31)18-8-4-7-16(13-18)23(25,26)27)11-9-17(10-12-22)28-21(29)20-14-19(20)15-5-2-1-3-6-15/h1-8,13,17,19-20H,9-12,14H2,(H,28,29)/t17-,19-,20+,22+/m1/s1. The molecule has 32 heavy (non-hydrogen) atoms. The van der Waals surface area contributed by atoms with Gasteiger partial charge in [-0.05, 0) is 61.8 Å². The summed E-state index contributed by atoms with van der Waals surface area (Å²) < 4.78 is 79.9. The quantitative estimate of drug-likeness (QED) is 0.627. The second kappa shape index (κ2) is 8.17. The number of benzene rings is 2. The summed E-state index contributed by atoms with van der Waals surface area (Å²) in [7, 11) is -4.62. The van der Waals surface area contributed by atoms with Crippen molar-refractivity contribution in [3.05, 3.63) is 65.7 Å². The second-order valence-electron chi connectivity index (χ2n) is 8.55. The fourth-order valence-electron chi connectivity index (χ4n) is 4.37. The van der Waals surface area contributed by atoms with E-state index in [0.717, 1.165) is 30.2 Å². The number of halogens is 4. The molecule has 2 saturated carbocycles. The molecule has 2 aliphatic carbocycles. The highest BCUT2D eigenvalue weighted by molar-refractivity contribution is 7.92. The van der Waals surface area contributed by atoms with Crippen molar-refractivity contribution in [2.24, 2.45) is 5.92 Å². The Balaban J connectivity index is 1.38. The van der Waals surface area contributed by atoms with Crippen LogP contribution in [-0.4, -0.2) is 25.4 Å². The van der Waals surface area contributed by atoms with Crippen molar-refractivity contribution in [2.45, 2.75) is 60.1 Å². The Labute approximate surface area is 183 Å². The van der Waals surface area contributed by atoms with Gasteiger partial charge in [-0.2, -0.15) is 13.2 Å². The minimum absolute atomic E-state index is 0.100. The summed E-state index contributed by atoms with van der Waals surface area (Å²) in [4.78, 5) is 11.9. The molecule has 0 heterocycles. The minimum atomic E-state index is -4.72. The van der Waals surface area contributed by atoms with E-state index >= 15 is 4.39 Å². The highest BCUT2D eigenvalue weighted by Crippen LogP contribution is 2.48. The number of amides is 1. The third-order valence-electron chi connectivity index (χ3n) is 6.39. The van der Waals surface area contributed by atoms with Crippen LogP contribution < -0.4 is 5.32 Å². The van der Waals surface area contributed by atoms with Gasteiger partial charge in [-0.3, -0.25) is 4.79 Å². The van der Waals surface area contributed by atoms with Gasteiger partial charge in [0.15, 0.2) is 0 Å². The van der Waals surface area contributed by atoms with Crippen LogP contribution in [0.25, 0.3) is 0 Å². The molecule has 0 spiro atoms. The first-order valence-electron chi connectivity index (χ1n) is 10.5. The summed E-state index contributed by atoms with van der Waals surface area (Å²) in [6.07, 6.45) is -4.56. The van der Waals surface area contributed by atoms with Gasteiger partial charge in [-0.25, -0.2) is 12.8 Å². The fourth-order valence-corrected chi connectivity index (χ4v) is 6.11. The lowest BCUT2D eigenvalue weighted by atomic mass is 9.93. The predicted molar refractivity (Wildman–Crippen MR) is 110 cm³/mol. The molecule has 1 amide bonds. The first-order valence-corrected chi connectivity index (χ1v) is 12.0. The van der Waals surface area contributed by atoms with Crippen molar-refractivity contribution in [3.8, 4) is 0 Å². The van der Waals surface area contributed by atoms with Gasteiger partial charge in [0, 0.05) is 12.0 Å². The van der Waals surface area contributed by atoms with Crippen molar-refractivity contribution in [2.75, 3.05) is 0 Å². The van der Waals surface area contributed by atoms with Crippen molar-refractivity contribution in [1.29, 1.82) is 0 Å². The number of hydrogen-bond donors (Lipinski definition) is 1. The Kier molecular flexibility index (Phi) is 5.81. The lowest BCUT2D eigenvalue weighted by Crippen LogP contribution is -2.45. The molecule has 0 radical (unpaired) electrons. The summed E-state index contributed by atoms with van der Waals surface area (Å²) in [5.41, 5.74) is -0.0493. The van der Waals surface area contributed by atoms with Gasteiger partial charge in [0.2, 0.25) is 20.7 Å². The zero-order valence-corrected chi connectivity index (χ0v) is 17.9. The Hall–Kier alpha value is -2.42. The second-order valence-corrected chi connectivity index (χ2v) is 10.8. The molecule has 0 aromatic heterocycles. The topological polar surface area (TPSA) is 63.2 Å². The van der Waals surface area contributed by atoms with Crippen LogP contribution in [0.4, 0.5) is 17.6 Å². The average molecular weight is 470 g/mol. The number of rotatable bonds is 5. The predicted octanol–water partition coefficient (Wildman–Crippen LogP) is 5.01. The van der Waals surface area contributed by atoms with Gasteiger partial charge >= 0.3 is 6.18 Å². The summed E-state index contributed by atoms with van der Waals surface area (Å²) in [5, 5.41) is 0.227. The molecule has 4 rings (SSSR count).